The molecule has 0 spiro atoms. The molecule has 1 unspecified atom stereocenters. The SMILES string of the molecule is CCO[SiH](CCCN)OCC(OC)(OC)OC. The summed E-state index contributed by atoms with van der Waals surface area (Å²) < 4.78 is 26.7. The largest absolute Gasteiger partial charge is 0.397 e. The lowest BCUT2D eigenvalue weighted by atomic mass is 10.5. The highest BCUT2D eigenvalue weighted by molar-refractivity contribution is 6.44. The van der Waals surface area contributed by atoms with E-state index in [0.29, 0.717) is 13.2 Å². The Bertz CT molecular complexity index is 172. The normalized spacial score (nSPS) is 13.9. The summed E-state index contributed by atoms with van der Waals surface area (Å²) in [6.07, 6.45) is 0.900. The van der Waals surface area contributed by atoms with Crippen LogP contribution < -0.4 is 5.73 Å². The fourth-order valence-corrected chi connectivity index (χ4v) is 3.07. The van der Waals surface area contributed by atoms with Crippen LogP contribution in [0.1, 0.15) is 13.3 Å². The Labute approximate surface area is 105 Å². The van der Waals surface area contributed by atoms with Crippen molar-refractivity contribution in [3.63, 3.8) is 0 Å². The second-order valence-electron chi connectivity index (χ2n) is 3.42. The van der Waals surface area contributed by atoms with Gasteiger partial charge in [-0.3, -0.25) is 0 Å². The molecule has 0 aliphatic heterocycles. The number of rotatable bonds is 11. The Kier molecular flexibility index (Phi) is 9.94. The maximum atomic E-state index is 5.71. The maximum absolute atomic E-state index is 5.71. The van der Waals surface area contributed by atoms with Gasteiger partial charge in [0.25, 0.3) is 0 Å². The molecule has 7 heteroatoms. The van der Waals surface area contributed by atoms with Gasteiger partial charge >= 0.3 is 15.3 Å². The predicted octanol–water partition coefficient (Wildman–Crippen LogP) is 0.202. The molecule has 0 fully saturated rings. The molecule has 6 nitrogen and oxygen atoms in total. The summed E-state index contributed by atoms with van der Waals surface area (Å²) in [6, 6.07) is 0.873. The summed E-state index contributed by atoms with van der Waals surface area (Å²) >= 11 is 0. The van der Waals surface area contributed by atoms with Crippen molar-refractivity contribution in [3.8, 4) is 0 Å². The van der Waals surface area contributed by atoms with E-state index in [1.54, 1.807) is 0 Å². The third-order valence-corrected chi connectivity index (χ3v) is 4.50. The fraction of sp³-hybridized carbons (Fsp3) is 1.00. The van der Waals surface area contributed by atoms with E-state index in [9.17, 15) is 0 Å². The quantitative estimate of drug-likeness (QED) is 0.426. The highest BCUT2D eigenvalue weighted by Gasteiger charge is 2.31. The zero-order chi connectivity index (χ0) is 13.1. The van der Waals surface area contributed by atoms with Crippen LogP contribution in [0.25, 0.3) is 0 Å². The van der Waals surface area contributed by atoms with Crippen LogP contribution in [0.5, 0.6) is 0 Å². The maximum Gasteiger partial charge on any atom is 0.321 e. The van der Waals surface area contributed by atoms with Crippen molar-refractivity contribution in [2.24, 2.45) is 5.73 Å². The van der Waals surface area contributed by atoms with E-state index in [1.807, 2.05) is 6.92 Å². The molecule has 0 aliphatic carbocycles. The van der Waals surface area contributed by atoms with Gasteiger partial charge in [0.05, 0.1) is 0 Å². The molecule has 0 aromatic heterocycles. The minimum atomic E-state index is -1.71. The van der Waals surface area contributed by atoms with Gasteiger partial charge in [-0.25, -0.2) is 0 Å². The summed E-state index contributed by atoms with van der Waals surface area (Å²) in [6.45, 7) is 3.42. The van der Waals surface area contributed by atoms with E-state index in [4.69, 9.17) is 28.8 Å². The van der Waals surface area contributed by atoms with Crippen LogP contribution in [0.3, 0.4) is 0 Å². The summed E-state index contributed by atoms with van der Waals surface area (Å²) in [5.74, 6) is -1.15. The van der Waals surface area contributed by atoms with Crippen molar-refractivity contribution >= 4 is 9.28 Å². The molecule has 0 amide bonds. The van der Waals surface area contributed by atoms with Crippen LogP contribution in [0.15, 0.2) is 0 Å². The van der Waals surface area contributed by atoms with Crippen molar-refractivity contribution in [3.05, 3.63) is 0 Å². The van der Waals surface area contributed by atoms with Crippen molar-refractivity contribution in [1.82, 2.24) is 0 Å². The van der Waals surface area contributed by atoms with Crippen LogP contribution in [0.2, 0.25) is 6.04 Å². The fourth-order valence-electron chi connectivity index (χ4n) is 1.31. The summed E-state index contributed by atoms with van der Waals surface area (Å²) in [5, 5.41) is 0. The zero-order valence-corrected chi connectivity index (χ0v) is 12.4. The molecule has 0 aromatic rings. The van der Waals surface area contributed by atoms with E-state index in [0.717, 1.165) is 12.5 Å². The smallest absolute Gasteiger partial charge is 0.321 e. The first-order valence-electron chi connectivity index (χ1n) is 5.76. The Balaban J connectivity index is 4.15. The van der Waals surface area contributed by atoms with Gasteiger partial charge in [-0.1, -0.05) is 0 Å². The molecule has 0 aromatic carbocycles. The van der Waals surface area contributed by atoms with Gasteiger partial charge in [0.2, 0.25) is 0 Å². The zero-order valence-electron chi connectivity index (χ0n) is 11.2. The average Bonchev–Trinajstić information content (AvgIpc) is 2.38. The number of hydrogen-bond acceptors (Lipinski definition) is 6. The first kappa shape index (κ1) is 17.0. The van der Waals surface area contributed by atoms with Gasteiger partial charge in [0.1, 0.15) is 6.61 Å². The van der Waals surface area contributed by atoms with Gasteiger partial charge in [-0.05, 0) is 25.9 Å². The van der Waals surface area contributed by atoms with Crippen LogP contribution in [-0.4, -0.2) is 56.3 Å². The molecular formula is C10H25NO5Si. The molecule has 17 heavy (non-hydrogen) atoms. The van der Waals surface area contributed by atoms with Gasteiger partial charge in [0, 0.05) is 27.9 Å². The molecule has 0 heterocycles. The van der Waals surface area contributed by atoms with Gasteiger partial charge < -0.3 is 28.8 Å². The predicted molar refractivity (Wildman–Crippen MR) is 67.0 cm³/mol. The molecule has 0 rings (SSSR count). The van der Waals surface area contributed by atoms with Crippen LogP contribution in [-0.2, 0) is 23.1 Å². The molecule has 0 aliphatic rings. The van der Waals surface area contributed by atoms with Crippen molar-refractivity contribution in [2.75, 3.05) is 41.1 Å². The van der Waals surface area contributed by atoms with E-state index < -0.39 is 15.3 Å². The summed E-state index contributed by atoms with van der Waals surface area (Å²) in [5.41, 5.74) is 5.47. The highest BCUT2D eigenvalue weighted by Crippen LogP contribution is 2.14. The number of nitrogens with two attached hydrogens (primary N) is 1. The van der Waals surface area contributed by atoms with Crippen molar-refractivity contribution in [2.45, 2.75) is 25.4 Å². The Morgan fingerprint density at radius 2 is 1.65 bits per heavy atom. The third kappa shape index (κ3) is 6.46. The Hall–Kier alpha value is -0.0231. The van der Waals surface area contributed by atoms with Gasteiger partial charge in [0.15, 0.2) is 0 Å². The topological polar surface area (TPSA) is 72.2 Å². The van der Waals surface area contributed by atoms with E-state index >= 15 is 0 Å². The molecule has 0 bridgehead atoms. The van der Waals surface area contributed by atoms with Crippen LogP contribution in [0.4, 0.5) is 0 Å². The molecule has 0 saturated carbocycles. The number of hydrogen-bond donors (Lipinski definition) is 1. The molecule has 0 saturated heterocycles. The lowest BCUT2D eigenvalue weighted by molar-refractivity contribution is -0.362. The van der Waals surface area contributed by atoms with Crippen LogP contribution in [0, 0.1) is 0 Å². The standard InChI is InChI=1S/C10H25NO5Si/c1-5-15-17(8-6-7-11)16-9-10(12-2,13-3)14-4/h17H,5-9,11H2,1-4H3. The average molecular weight is 267 g/mol. The molecule has 104 valence electrons. The summed E-state index contributed by atoms with van der Waals surface area (Å²) in [4.78, 5) is 0. The van der Waals surface area contributed by atoms with Crippen molar-refractivity contribution < 1.29 is 23.1 Å². The second kappa shape index (κ2) is 9.95. The van der Waals surface area contributed by atoms with E-state index in [2.05, 4.69) is 0 Å². The van der Waals surface area contributed by atoms with Gasteiger partial charge in [-0.15, -0.1) is 0 Å². The lowest BCUT2D eigenvalue weighted by Crippen LogP contribution is -2.43. The van der Waals surface area contributed by atoms with E-state index in [-0.39, 0.29) is 6.61 Å². The first-order chi connectivity index (χ1) is 8.17. The third-order valence-electron chi connectivity index (χ3n) is 2.38. The van der Waals surface area contributed by atoms with Gasteiger partial charge in [-0.2, -0.15) is 0 Å². The molecular weight excluding hydrogens is 242 g/mol. The minimum Gasteiger partial charge on any atom is -0.397 e. The minimum absolute atomic E-state index is 0.192. The Morgan fingerprint density at radius 1 is 1.06 bits per heavy atom. The van der Waals surface area contributed by atoms with Crippen LogP contribution >= 0.6 is 0 Å². The monoisotopic (exact) mass is 267 g/mol. The first-order valence-corrected chi connectivity index (χ1v) is 7.52. The molecule has 0 radical (unpaired) electrons. The molecule has 1 atom stereocenters. The molecule has 2 N–H and O–H groups in total. The van der Waals surface area contributed by atoms with E-state index in [1.165, 1.54) is 21.3 Å². The Morgan fingerprint density at radius 3 is 2.06 bits per heavy atom. The number of ether oxygens (including phenoxy) is 3. The highest BCUT2D eigenvalue weighted by atomic mass is 28.3. The lowest BCUT2D eigenvalue weighted by Gasteiger charge is -2.29. The number of methoxy groups -OCH3 is 3. The van der Waals surface area contributed by atoms with Crippen molar-refractivity contribution in [1.29, 1.82) is 0 Å². The second-order valence-corrected chi connectivity index (χ2v) is 5.53. The summed E-state index contributed by atoms with van der Waals surface area (Å²) in [7, 11) is 2.81.